The number of aromatic hydroxyl groups is 2. The molecule has 1 amide bonds. The molecule has 1 aliphatic heterocycles. The fraction of sp³-hybridized carbons (Fsp3) is 0. The lowest BCUT2D eigenvalue weighted by Gasteiger charge is -2.18. The van der Waals surface area contributed by atoms with Crippen LogP contribution in [0.25, 0.3) is 11.1 Å². The number of rotatable bonds is 2. The number of para-hydroxylation sites is 3. The highest BCUT2D eigenvalue weighted by molar-refractivity contribution is 6.54. The molecule has 2 N–H and O–H groups in total. The molecule has 1 aliphatic rings. The Morgan fingerprint density at radius 2 is 1.24 bits per heavy atom. The molecule has 0 fully saturated rings. The van der Waals surface area contributed by atoms with Gasteiger partial charge in [-0.25, -0.2) is 0 Å². The second-order valence-electron chi connectivity index (χ2n) is 5.68. The van der Waals surface area contributed by atoms with Crippen molar-refractivity contribution in [1.29, 1.82) is 0 Å². The zero-order valence-corrected chi connectivity index (χ0v) is 13.0. The van der Waals surface area contributed by atoms with Crippen LogP contribution in [0.4, 0.5) is 11.4 Å². The molecule has 0 saturated heterocycles. The molecule has 0 aliphatic carbocycles. The number of nitrogens with zero attached hydrogens (tertiary/aromatic N) is 1. The molecule has 4 rings (SSSR count). The third-order valence-electron chi connectivity index (χ3n) is 4.22. The van der Waals surface area contributed by atoms with Gasteiger partial charge in [-0.05, 0) is 29.8 Å². The number of phenolic OH excluding ortho intramolecular Hbond substituents is 2. The van der Waals surface area contributed by atoms with Crippen LogP contribution in [0.15, 0.2) is 66.7 Å². The van der Waals surface area contributed by atoms with E-state index in [1.54, 1.807) is 54.6 Å². The molecular weight excluding hydrogens is 318 g/mol. The van der Waals surface area contributed by atoms with Gasteiger partial charge in [0.15, 0.2) is 0 Å². The normalized spacial score (nSPS) is 13.2. The zero-order valence-electron chi connectivity index (χ0n) is 13.0. The fourth-order valence-electron chi connectivity index (χ4n) is 3.10. The van der Waals surface area contributed by atoms with Gasteiger partial charge in [-0.15, -0.1) is 0 Å². The fourth-order valence-corrected chi connectivity index (χ4v) is 3.10. The van der Waals surface area contributed by atoms with Crippen molar-refractivity contribution in [1.82, 2.24) is 0 Å². The summed E-state index contributed by atoms with van der Waals surface area (Å²) in [5.74, 6) is -1.47. The SMILES string of the molecule is O=C1C(=O)N(c2ccccc2O)c2cccc(-c3ccccc3O)c21. The first-order valence-electron chi connectivity index (χ1n) is 7.67. The Morgan fingerprint density at radius 3 is 1.96 bits per heavy atom. The molecule has 3 aromatic rings. The van der Waals surface area contributed by atoms with E-state index >= 15 is 0 Å². The largest absolute Gasteiger partial charge is 0.507 e. The number of amides is 1. The van der Waals surface area contributed by atoms with Crippen molar-refractivity contribution >= 4 is 23.1 Å². The molecule has 0 radical (unpaired) electrons. The summed E-state index contributed by atoms with van der Waals surface area (Å²) >= 11 is 0. The van der Waals surface area contributed by atoms with Crippen molar-refractivity contribution in [3.8, 4) is 22.6 Å². The van der Waals surface area contributed by atoms with Crippen LogP contribution >= 0.6 is 0 Å². The lowest BCUT2D eigenvalue weighted by Crippen LogP contribution is -2.24. The van der Waals surface area contributed by atoms with Crippen LogP contribution in [-0.2, 0) is 4.79 Å². The minimum atomic E-state index is -0.737. The first kappa shape index (κ1) is 15.0. The van der Waals surface area contributed by atoms with Crippen LogP contribution in [-0.4, -0.2) is 21.9 Å². The van der Waals surface area contributed by atoms with Gasteiger partial charge >= 0.3 is 5.91 Å². The van der Waals surface area contributed by atoms with E-state index in [0.29, 0.717) is 16.8 Å². The molecule has 0 atom stereocenters. The second kappa shape index (κ2) is 5.49. The van der Waals surface area contributed by atoms with Gasteiger partial charge in [-0.1, -0.05) is 42.5 Å². The molecule has 0 aromatic heterocycles. The monoisotopic (exact) mass is 331 g/mol. The maximum atomic E-state index is 12.6. The highest BCUT2D eigenvalue weighted by Crippen LogP contribution is 2.44. The summed E-state index contributed by atoms with van der Waals surface area (Å²) in [7, 11) is 0. The molecule has 0 unspecified atom stereocenters. The first-order chi connectivity index (χ1) is 12.1. The zero-order chi connectivity index (χ0) is 17.6. The number of ketones is 1. The smallest absolute Gasteiger partial charge is 0.304 e. The summed E-state index contributed by atoms with van der Waals surface area (Å²) in [5.41, 5.74) is 1.80. The Balaban J connectivity index is 1.97. The van der Waals surface area contributed by atoms with Crippen LogP contribution in [0.2, 0.25) is 0 Å². The maximum absolute atomic E-state index is 12.6. The predicted octanol–water partition coefficient (Wildman–Crippen LogP) is 3.63. The summed E-state index contributed by atoms with van der Waals surface area (Å²) in [6, 6.07) is 18.0. The number of phenols is 2. The van der Waals surface area contributed by atoms with Crippen LogP contribution in [0.5, 0.6) is 11.5 Å². The van der Waals surface area contributed by atoms with E-state index in [4.69, 9.17) is 0 Å². The lowest BCUT2D eigenvalue weighted by atomic mass is 9.96. The van der Waals surface area contributed by atoms with E-state index < -0.39 is 11.7 Å². The molecule has 0 saturated carbocycles. The van der Waals surface area contributed by atoms with Gasteiger partial charge in [0.1, 0.15) is 11.5 Å². The van der Waals surface area contributed by atoms with Gasteiger partial charge in [0, 0.05) is 5.56 Å². The van der Waals surface area contributed by atoms with Gasteiger partial charge in [0.2, 0.25) is 0 Å². The predicted molar refractivity (Wildman–Crippen MR) is 93.1 cm³/mol. The van der Waals surface area contributed by atoms with Crippen molar-refractivity contribution in [2.45, 2.75) is 0 Å². The standard InChI is InChI=1S/C20H13NO4/c22-16-10-3-1-6-12(16)13-7-5-9-15-18(13)19(24)20(25)21(15)14-8-2-4-11-17(14)23/h1-11,22-23H. The van der Waals surface area contributed by atoms with Crippen molar-refractivity contribution < 1.29 is 19.8 Å². The Labute approximate surface area is 143 Å². The third kappa shape index (κ3) is 2.17. The van der Waals surface area contributed by atoms with Crippen molar-refractivity contribution in [2.24, 2.45) is 0 Å². The van der Waals surface area contributed by atoms with Crippen molar-refractivity contribution in [3.05, 3.63) is 72.3 Å². The van der Waals surface area contributed by atoms with Crippen LogP contribution in [0.1, 0.15) is 10.4 Å². The molecule has 5 heteroatoms. The van der Waals surface area contributed by atoms with Gasteiger partial charge in [0.05, 0.1) is 16.9 Å². The molecule has 122 valence electrons. The summed E-state index contributed by atoms with van der Waals surface area (Å²) in [6.07, 6.45) is 0. The van der Waals surface area contributed by atoms with E-state index in [1.165, 1.54) is 17.0 Å². The average molecular weight is 331 g/mol. The highest BCUT2D eigenvalue weighted by atomic mass is 16.3. The Hall–Kier alpha value is -3.60. The van der Waals surface area contributed by atoms with Crippen LogP contribution in [0, 0.1) is 0 Å². The number of carbonyl (C=O) groups excluding carboxylic acids is 2. The van der Waals surface area contributed by atoms with Crippen molar-refractivity contribution in [3.63, 3.8) is 0 Å². The lowest BCUT2D eigenvalue weighted by molar-refractivity contribution is -0.113. The van der Waals surface area contributed by atoms with E-state index in [-0.39, 0.29) is 22.7 Å². The first-order valence-corrected chi connectivity index (χ1v) is 7.67. The Kier molecular flexibility index (Phi) is 3.28. The number of Topliss-reactive ketones (excluding diaryl/α,β-unsaturated/α-hetero) is 1. The number of hydrogen-bond acceptors (Lipinski definition) is 4. The quantitative estimate of drug-likeness (QED) is 0.703. The van der Waals surface area contributed by atoms with Gasteiger partial charge < -0.3 is 10.2 Å². The Bertz CT molecular complexity index is 1030. The number of anilines is 2. The minimum Gasteiger partial charge on any atom is -0.507 e. The van der Waals surface area contributed by atoms with E-state index in [1.807, 2.05) is 0 Å². The molecule has 5 nitrogen and oxygen atoms in total. The molecule has 3 aromatic carbocycles. The number of carbonyl (C=O) groups is 2. The van der Waals surface area contributed by atoms with Crippen LogP contribution in [0.3, 0.4) is 0 Å². The maximum Gasteiger partial charge on any atom is 0.304 e. The summed E-state index contributed by atoms with van der Waals surface area (Å²) in [6.45, 7) is 0. The van der Waals surface area contributed by atoms with E-state index in [2.05, 4.69) is 0 Å². The van der Waals surface area contributed by atoms with Gasteiger partial charge in [-0.3, -0.25) is 14.5 Å². The van der Waals surface area contributed by atoms with E-state index in [9.17, 15) is 19.8 Å². The van der Waals surface area contributed by atoms with Crippen LogP contribution < -0.4 is 4.90 Å². The van der Waals surface area contributed by atoms with Gasteiger partial charge in [0.25, 0.3) is 5.78 Å². The number of benzene rings is 3. The summed E-state index contributed by atoms with van der Waals surface area (Å²) < 4.78 is 0. The minimum absolute atomic E-state index is 0.0251. The summed E-state index contributed by atoms with van der Waals surface area (Å²) in [4.78, 5) is 26.4. The highest BCUT2D eigenvalue weighted by Gasteiger charge is 2.39. The van der Waals surface area contributed by atoms with Crippen molar-refractivity contribution in [2.75, 3.05) is 4.90 Å². The second-order valence-corrected chi connectivity index (χ2v) is 5.68. The topological polar surface area (TPSA) is 77.8 Å². The molecule has 0 bridgehead atoms. The molecule has 25 heavy (non-hydrogen) atoms. The average Bonchev–Trinajstić information content (AvgIpc) is 2.87. The molecular formula is C20H13NO4. The summed E-state index contributed by atoms with van der Waals surface area (Å²) in [5, 5.41) is 20.2. The van der Waals surface area contributed by atoms with E-state index in [0.717, 1.165) is 0 Å². The Morgan fingerprint density at radius 1 is 0.640 bits per heavy atom. The third-order valence-corrected chi connectivity index (χ3v) is 4.22. The molecule has 0 spiro atoms. The number of fused-ring (bicyclic) bond motifs is 1. The number of hydrogen-bond donors (Lipinski definition) is 2. The van der Waals surface area contributed by atoms with Gasteiger partial charge in [-0.2, -0.15) is 0 Å². The molecule has 1 heterocycles.